The minimum atomic E-state index is -0.736. The topological polar surface area (TPSA) is 203 Å². The molecule has 15 nitrogen and oxygen atoms in total. The predicted octanol–water partition coefficient (Wildman–Crippen LogP) is 7.39. The van der Waals surface area contributed by atoms with Crippen molar-refractivity contribution in [2.75, 3.05) is 0 Å². The lowest BCUT2D eigenvalue weighted by atomic mass is 9.93. The van der Waals surface area contributed by atoms with Crippen molar-refractivity contribution in [2.45, 2.75) is 97.9 Å². The molecule has 0 spiro atoms. The molecule has 2 aromatic carbocycles. The van der Waals surface area contributed by atoms with Crippen LogP contribution in [0.4, 0.5) is 11.4 Å². The zero-order valence-corrected chi connectivity index (χ0v) is 28.3. The quantitative estimate of drug-likeness (QED) is 0.0540. The maximum atomic E-state index is 14.0. The number of rotatable bonds is 14. The second-order valence-electron chi connectivity index (χ2n) is 13.1. The van der Waals surface area contributed by atoms with Crippen LogP contribution in [0.5, 0.6) is 0 Å². The van der Waals surface area contributed by atoms with E-state index in [4.69, 9.17) is 9.68 Å². The van der Waals surface area contributed by atoms with E-state index in [-0.39, 0.29) is 75.6 Å². The molecule has 0 N–H and O–H groups in total. The number of aromatic nitrogens is 1. The van der Waals surface area contributed by atoms with Crippen LogP contribution in [-0.2, 0) is 25.8 Å². The summed E-state index contributed by atoms with van der Waals surface area (Å²) in [6, 6.07) is 5.02. The Labute approximate surface area is 286 Å². The number of ketones is 2. The number of aryl methyl sites for hydroxylation is 1. The van der Waals surface area contributed by atoms with E-state index in [9.17, 15) is 39.4 Å². The summed E-state index contributed by atoms with van der Waals surface area (Å²) in [6.07, 6.45) is 8.14. The molecule has 264 valence electrons. The number of fused-ring (bicyclic) bond motifs is 3. The number of non-ortho nitro benzene ring substituents is 2. The summed E-state index contributed by atoms with van der Waals surface area (Å²) in [5.74, 6) is -2.62. The van der Waals surface area contributed by atoms with Gasteiger partial charge in [-0.3, -0.25) is 29.8 Å². The molecule has 0 unspecified atom stereocenters. The smallest absolute Gasteiger partial charge is 0.329 e. The number of benzene rings is 2. The fraction of sp³-hybridized carbons (Fsp3) is 0.486. The SMILES string of the molecule is CCCn1c2c([N+](=O)[O-])cc(C(=O)/C(CC3CCCC3)=N/OC(C)=O)cc2c2cc(C(=O)/C(CC3CCCC3)=N/OC(C)=O)cc([N+](=O)[O-])c21. The van der Waals surface area contributed by atoms with E-state index in [0.717, 1.165) is 77.3 Å². The van der Waals surface area contributed by atoms with Crippen LogP contribution in [0, 0.1) is 32.1 Å². The lowest BCUT2D eigenvalue weighted by molar-refractivity contribution is -0.383. The van der Waals surface area contributed by atoms with Crippen LogP contribution in [0.1, 0.15) is 112 Å². The van der Waals surface area contributed by atoms with E-state index in [0.29, 0.717) is 6.42 Å². The molecule has 50 heavy (non-hydrogen) atoms. The molecule has 0 aliphatic heterocycles. The molecule has 0 bridgehead atoms. The zero-order valence-electron chi connectivity index (χ0n) is 28.3. The van der Waals surface area contributed by atoms with Crippen LogP contribution in [0.3, 0.4) is 0 Å². The Morgan fingerprint density at radius 2 is 1.10 bits per heavy atom. The summed E-state index contributed by atoms with van der Waals surface area (Å²) in [7, 11) is 0. The monoisotopic (exact) mass is 689 g/mol. The normalized spacial score (nSPS) is 15.9. The summed E-state index contributed by atoms with van der Waals surface area (Å²) < 4.78 is 1.47. The van der Waals surface area contributed by atoms with Crippen LogP contribution in [-0.4, -0.2) is 49.3 Å². The van der Waals surface area contributed by atoms with Crippen molar-refractivity contribution >= 4 is 68.1 Å². The Morgan fingerprint density at radius 3 is 1.42 bits per heavy atom. The largest absolute Gasteiger partial charge is 0.331 e. The number of nitro benzene ring substituents is 2. The molecule has 5 rings (SSSR count). The molecule has 2 saturated carbocycles. The van der Waals surface area contributed by atoms with Gasteiger partial charge in [0.1, 0.15) is 22.5 Å². The highest BCUT2D eigenvalue weighted by atomic mass is 16.7. The van der Waals surface area contributed by atoms with E-state index >= 15 is 0 Å². The minimum absolute atomic E-state index is 0.0464. The minimum Gasteiger partial charge on any atom is -0.329 e. The molecule has 0 radical (unpaired) electrons. The van der Waals surface area contributed by atoms with Gasteiger partial charge in [-0.1, -0.05) is 68.6 Å². The fourth-order valence-electron chi connectivity index (χ4n) is 7.21. The molecule has 0 saturated heterocycles. The van der Waals surface area contributed by atoms with Crippen molar-refractivity contribution < 1.29 is 38.7 Å². The molecule has 0 atom stereocenters. The van der Waals surface area contributed by atoms with Crippen LogP contribution in [0.25, 0.3) is 21.8 Å². The average Bonchev–Trinajstić information content (AvgIpc) is 3.85. The first-order chi connectivity index (χ1) is 23.9. The van der Waals surface area contributed by atoms with Gasteiger partial charge in [0.2, 0.25) is 11.6 Å². The third-order valence-electron chi connectivity index (χ3n) is 9.38. The fourth-order valence-corrected chi connectivity index (χ4v) is 7.21. The maximum absolute atomic E-state index is 14.0. The third-order valence-corrected chi connectivity index (χ3v) is 9.38. The van der Waals surface area contributed by atoms with Crippen molar-refractivity contribution in [3.8, 4) is 0 Å². The number of hydrogen-bond donors (Lipinski definition) is 0. The molecule has 3 aromatic rings. The van der Waals surface area contributed by atoms with Crippen molar-refractivity contribution in [3.63, 3.8) is 0 Å². The van der Waals surface area contributed by atoms with Gasteiger partial charge in [0, 0.05) is 54.4 Å². The Balaban J connectivity index is 1.75. The number of Topliss-reactive ketones (excluding diaryl/α,β-unsaturated/α-hetero) is 2. The summed E-state index contributed by atoms with van der Waals surface area (Å²) in [5, 5.41) is 33.2. The number of nitrogens with zero attached hydrogens (tertiary/aromatic N) is 5. The van der Waals surface area contributed by atoms with Crippen molar-refractivity contribution in [3.05, 3.63) is 55.6 Å². The molecular formula is C35H39N5O10. The van der Waals surface area contributed by atoms with E-state index in [1.54, 1.807) is 0 Å². The van der Waals surface area contributed by atoms with Gasteiger partial charge in [0.25, 0.3) is 11.4 Å². The van der Waals surface area contributed by atoms with Crippen molar-refractivity contribution in [2.24, 2.45) is 22.1 Å². The number of hydrogen-bond acceptors (Lipinski definition) is 12. The average molecular weight is 690 g/mol. The van der Waals surface area contributed by atoms with Gasteiger partial charge in [-0.25, -0.2) is 9.59 Å². The third kappa shape index (κ3) is 7.76. The van der Waals surface area contributed by atoms with Crippen molar-refractivity contribution in [1.29, 1.82) is 0 Å². The Bertz CT molecular complexity index is 1810. The van der Waals surface area contributed by atoms with E-state index < -0.39 is 44.7 Å². The van der Waals surface area contributed by atoms with Gasteiger partial charge in [-0.05, 0) is 43.2 Å². The molecule has 15 heteroatoms. The van der Waals surface area contributed by atoms with E-state index in [1.165, 1.54) is 16.7 Å². The molecule has 1 heterocycles. The Morgan fingerprint density at radius 1 is 0.720 bits per heavy atom. The number of oxime groups is 2. The van der Waals surface area contributed by atoms with Crippen molar-refractivity contribution in [1.82, 2.24) is 4.57 Å². The highest BCUT2D eigenvalue weighted by Crippen LogP contribution is 2.41. The molecular weight excluding hydrogens is 650 g/mol. The predicted molar refractivity (Wildman–Crippen MR) is 183 cm³/mol. The van der Waals surface area contributed by atoms with Crippen LogP contribution in [0.15, 0.2) is 34.6 Å². The number of carbonyl (C=O) groups excluding carboxylic acids is 4. The molecule has 1 aromatic heterocycles. The Kier molecular flexibility index (Phi) is 11.1. The number of nitro groups is 2. The highest BCUT2D eigenvalue weighted by molar-refractivity contribution is 6.47. The lowest BCUT2D eigenvalue weighted by Crippen LogP contribution is -2.19. The first kappa shape index (κ1) is 36.0. The second kappa shape index (κ2) is 15.5. The van der Waals surface area contributed by atoms with Gasteiger partial charge in [0.05, 0.1) is 9.85 Å². The summed E-state index contributed by atoms with van der Waals surface area (Å²) in [6.45, 7) is 4.25. The van der Waals surface area contributed by atoms with Gasteiger partial charge < -0.3 is 14.2 Å². The highest BCUT2D eigenvalue weighted by Gasteiger charge is 2.32. The standard InChI is InChI=1S/C35H39N5O10/c1-4-13-38-32-26(16-24(18-30(32)39(45)46)34(43)28(36-49-20(2)41)14-22-9-5-6-10-22)27-17-25(19-31(33(27)38)40(47)48)35(44)29(37-50-21(3)42)15-23-11-7-8-12-23/h16-19,22-23H,4-15H2,1-3H3/b36-28+,37-29+. The lowest BCUT2D eigenvalue weighted by Gasteiger charge is -2.11. The van der Waals surface area contributed by atoms with Crippen LogP contribution < -0.4 is 0 Å². The molecule has 2 aliphatic rings. The summed E-state index contributed by atoms with van der Waals surface area (Å²) in [4.78, 5) is 84.8. The molecule has 2 aliphatic carbocycles. The molecule has 0 amide bonds. The summed E-state index contributed by atoms with van der Waals surface area (Å²) in [5.41, 5.74) is -1.23. The first-order valence-electron chi connectivity index (χ1n) is 16.9. The van der Waals surface area contributed by atoms with Gasteiger partial charge >= 0.3 is 11.9 Å². The summed E-state index contributed by atoms with van der Waals surface area (Å²) >= 11 is 0. The number of carbonyl (C=O) groups is 4. The van der Waals surface area contributed by atoms with Crippen LogP contribution >= 0.6 is 0 Å². The van der Waals surface area contributed by atoms with E-state index in [1.807, 2.05) is 6.92 Å². The van der Waals surface area contributed by atoms with Gasteiger partial charge in [-0.2, -0.15) is 0 Å². The van der Waals surface area contributed by atoms with Crippen LogP contribution in [0.2, 0.25) is 0 Å². The van der Waals surface area contributed by atoms with Gasteiger partial charge in [0.15, 0.2) is 0 Å². The first-order valence-corrected chi connectivity index (χ1v) is 16.9. The Hall–Kier alpha value is -5.34. The second-order valence-corrected chi connectivity index (χ2v) is 13.1. The maximum Gasteiger partial charge on any atom is 0.331 e. The molecule has 2 fully saturated rings. The van der Waals surface area contributed by atoms with Gasteiger partial charge in [-0.15, -0.1) is 0 Å². The zero-order chi connectivity index (χ0) is 36.1. The van der Waals surface area contributed by atoms with E-state index in [2.05, 4.69) is 10.3 Å².